The normalized spacial score (nSPS) is 11.1. The van der Waals surface area contributed by atoms with E-state index in [-0.39, 0.29) is 18.0 Å². The van der Waals surface area contributed by atoms with Crippen LogP contribution in [0.3, 0.4) is 0 Å². The van der Waals surface area contributed by atoms with Crippen LogP contribution < -0.4 is 4.74 Å². The van der Waals surface area contributed by atoms with Crippen LogP contribution in [0.25, 0.3) is 11.4 Å². The summed E-state index contributed by atoms with van der Waals surface area (Å²) in [7, 11) is 0. The van der Waals surface area contributed by atoms with Crippen LogP contribution in [-0.2, 0) is 0 Å². The van der Waals surface area contributed by atoms with Crippen molar-refractivity contribution in [1.82, 2.24) is 14.8 Å². The molecule has 0 bridgehead atoms. The lowest BCUT2D eigenvalue weighted by atomic mass is 10.1. The molecule has 1 aromatic carbocycles. The third-order valence-electron chi connectivity index (χ3n) is 4.69. The molecule has 0 aliphatic rings. The van der Waals surface area contributed by atoms with Gasteiger partial charge in [0.05, 0.1) is 6.10 Å². The fraction of sp³-hybridized carbons (Fsp3) is 0.609. The van der Waals surface area contributed by atoms with Gasteiger partial charge >= 0.3 is 6.01 Å². The van der Waals surface area contributed by atoms with Crippen molar-refractivity contribution in [2.75, 3.05) is 0 Å². The molecule has 28 heavy (non-hydrogen) atoms. The zero-order valence-corrected chi connectivity index (χ0v) is 17.7. The smallest absolute Gasteiger partial charge is 0.336 e. The minimum atomic E-state index is -0.0353. The van der Waals surface area contributed by atoms with E-state index < -0.39 is 0 Å². The molecule has 0 radical (unpaired) electrons. The molecule has 0 unspecified atom stereocenters. The van der Waals surface area contributed by atoms with Crippen LogP contribution in [0.5, 0.6) is 6.01 Å². The van der Waals surface area contributed by atoms with Gasteiger partial charge in [0, 0.05) is 12.0 Å². The minimum absolute atomic E-state index is 0.0205. The zero-order chi connectivity index (χ0) is 20.2. The molecule has 0 saturated heterocycles. The van der Waals surface area contributed by atoms with Crippen molar-refractivity contribution in [3.63, 3.8) is 0 Å². The lowest BCUT2D eigenvalue weighted by Crippen LogP contribution is -2.14. The van der Waals surface area contributed by atoms with Gasteiger partial charge in [-0.3, -0.25) is 4.79 Å². The Morgan fingerprint density at radius 2 is 1.57 bits per heavy atom. The van der Waals surface area contributed by atoms with E-state index in [0.717, 1.165) is 18.4 Å². The third-order valence-corrected chi connectivity index (χ3v) is 4.69. The molecule has 0 N–H and O–H groups in total. The molecule has 0 fully saturated rings. The monoisotopic (exact) mass is 385 g/mol. The Hall–Kier alpha value is -2.17. The summed E-state index contributed by atoms with van der Waals surface area (Å²) >= 11 is 0. The molecule has 1 aromatic heterocycles. The molecular formula is C23H35N3O2. The number of carbonyl (C=O) groups is 1. The van der Waals surface area contributed by atoms with Crippen molar-refractivity contribution in [3.05, 3.63) is 30.3 Å². The molecule has 0 atom stereocenters. The maximum Gasteiger partial charge on any atom is 0.336 e. The second-order valence-electron chi connectivity index (χ2n) is 7.63. The molecule has 5 nitrogen and oxygen atoms in total. The number of carbonyl (C=O) groups excluding carboxylic acids is 1. The van der Waals surface area contributed by atoms with Crippen molar-refractivity contribution < 1.29 is 9.53 Å². The molecule has 154 valence electrons. The number of benzene rings is 1. The fourth-order valence-corrected chi connectivity index (χ4v) is 3.19. The molecule has 5 heteroatoms. The summed E-state index contributed by atoms with van der Waals surface area (Å²) in [5.74, 6) is 0.532. The zero-order valence-electron chi connectivity index (χ0n) is 17.7. The van der Waals surface area contributed by atoms with E-state index in [1.807, 2.05) is 44.2 Å². The lowest BCUT2D eigenvalue weighted by Gasteiger charge is -2.05. The quantitative estimate of drug-likeness (QED) is 0.380. The van der Waals surface area contributed by atoms with Gasteiger partial charge in [-0.05, 0) is 20.3 Å². The van der Waals surface area contributed by atoms with Gasteiger partial charge in [-0.1, -0.05) is 88.6 Å². The van der Waals surface area contributed by atoms with Crippen molar-refractivity contribution >= 4 is 5.91 Å². The molecule has 1 heterocycles. The maximum absolute atomic E-state index is 12.7. The summed E-state index contributed by atoms with van der Waals surface area (Å²) in [5.41, 5.74) is 0.869. The van der Waals surface area contributed by atoms with E-state index in [0.29, 0.717) is 12.2 Å². The van der Waals surface area contributed by atoms with Crippen LogP contribution in [0.4, 0.5) is 0 Å². The number of nitrogens with zero attached hydrogens (tertiary/aromatic N) is 3. The molecule has 2 aromatic rings. The molecular weight excluding hydrogens is 350 g/mol. The predicted octanol–water partition coefficient (Wildman–Crippen LogP) is 6.29. The Bertz CT molecular complexity index is 695. The number of ether oxygens (including phenoxy) is 1. The summed E-state index contributed by atoms with van der Waals surface area (Å²) < 4.78 is 7.02. The van der Waals surface area contributed by atoms with Gasteiger partial charge in [-0.15, -0.1) is 5.10 Å². The SMILES string of the molecule is CCCCCCCCCCCC(=O)n1nc(OC(C)C)nc1-c1ccccc1. The van der Waals surface area contributed by atoms with Crippen LogP contribution >= 0.6 is 0 Å². The van der Waals surface area contributed by atoms with E-state index in [4.69, 9.17) is 4.74 Å². The number of hydrogen-bond acceptors (Lipinski definition) is 4. The van der Waals surface area contributed by atoms with Crippen LogP contribution in [0, 0.1) is 0 Å². The highest BCUT2D eigenvalue weighted by Gasteiger charge is 2.18. The van der Waals surface area contributed by atoms with Crippen LogP contribution in [0.15, 0.2) is 30.3 Å². The number of hydrogen-bond donors (Lipinski definition) is 0. The molecule has 0 aliphatic heterocycles. The van der Waals surface area contributed by atoms with Crippen molar-refractivity contribution in [2.24, 2.45) is 0 Å². The van der Waals surface area contributed by atoms with Crippen molar-refractivity contribution in [1.29, 1.82) is 0 Å². The summed E-state index contributed by atoms with van der Waals surface area (Å²) in [6.45, 7) is 6.09. The number of unbranched alkanes of at least 4 members (excludes halogenated alkanes) is 8. The first-order valence-corrected chi connectivity index (χ1v) is 10.8. The topological polar surface area (TPSA) is 57.0 Å². The van der Waals surface area contributed by atoms with E-state index >= 15 is 0 Å². The van der Waals surface area contributed by atoms with Gasteiger partial charge < -0.3 is 4.74 Å². The van der Waals surface area contributed by atoms with Gasteiger partial charge in [-0.2, -0.15) is 9.67 Å². The molecule has 0 spiro atoms. The number of aromatic nitrogens is 3. The molecule has 0 saturated carbocycles. The van der Waals surface area contributed by atoms with E-state index in [9.17, 15) is 4.79 Å². The van der Waals surface area contributed by atoms with Gasteiger partial charge in [0.15, 0.2) is 5.82 Å². The average molecular weight is 386 g/mol. The second-order valence-corrected chi connectivity index (χ2v) is 7.63. The third kappa shape index (κ3) is 7.45. The Kier molecular flexibility index (Phi) is 9.73. The first-order valence-electron chi connectivity index (χ1n) is 10.8. The van der Waals surface area contributed by atoms with Gasteiger partial charge in [0.2, 0.25) is 5.91 Å². The lowest BCUT2D eigenvalue weighted by molar-refractivity contribution is 0.0881. The highest BCUT2D eigenvalue weighted by molar-refractivity contribution is 5.82. The average Bonchev–Trinajstić information content (AvgIpc) is 3.10. The summed E-state index contributed by atoms with van der Waals surface area (Å²) in [4.78, 5) is 17.2. The van der Waals surface area contributed by atoms with E-state index in [2.05, 4.69) is 17.0 Å². The first-order chi connectivity index (χ1) is 13.6. The second kappa shape index (κ2) is 12.3. The molecule has 2 rings (SSSR count). The number of rotatable bonds is 13. The minimum Gasteiger partial charge on any atom is -0.460 e. The molecule has 0 amide bonds. The highest BCUT2D eigenvalue weighted by atomic mass is 16.5. The van der Waals surface area contributed by atoms with Crippen LogP contribution in [0.2, 0.25) is 0 Å². The van der Waals surface area contributed by atoms with E-state index in [1.54, 1.807) is 0 Å². The summed E-state index contributed by atoms with van der Waals surface area (Å²) in [5, 5.41) is 4.32. The van der Waals surface area contributed by atoms with Gasteiger partial charge in [0.1, 0.15) is 0 Å². The maximum atomic E-state index is 12.7. The van der Waals surface area contributed by atoms with E-state index in [1.165, 1.54) is 49.6 Å². The first kappa shape index (κ1) is 22.1. The summed E-state index contributed by atoms with van der Waals surface area (Å²) in [6.07, 6.45) is 11.5. The largest absolute Gasteiger partial charge is 0.460 e. The van der Waals surface area contributed by atoms with Crippen LogP contribution in [0.1, 0.15) is 89.8 Å². The predicted molar refractivity (Wildman–Crippen MR) is 114 cm³/mol. The Morgan fingerprint density at radius 1 is 0.964 bits per heavy atom. The fourth-order valence-electron chi connectivity index (χ4n) is 3.19. The van der Waals surface area contributed by atoms with Crippen molar-refractivity contribution in [3.8, 4) is 17.4 Å². The van der Waals surface area contributed by atoms with Crippen molar-refractivity contribution in [2.45, 2.75) is 91.1 Å². The van der Waals surface area contributed by atoms with Crippen LogP contribution in [-0.4, -0.2) is 26.8 Å². The Labute approximate surface area is 169 Å². The van der Waals surface area contributed by atoms with Gasteiger partial charge in [-0.25, -0.2) is 0 Å². The Morgan fingerprint density at radius 3 is 2.18 bits per heavy atom. The highest BCUT2D eigenvalue weighted by Crippen LogP contribution is 2.21. The standard InChI is InChI=1S/C23H35N3O2/c1-4-5-6-7-8-9-10-11-15-18-21(27)26-22(20-16-13-12-14-17-20)24-23(25-26)28-19(2)3/h12-14,16-17,19H,4-11,15,18H2,1-3H3. The molecule has 0 aliphatic carbocycles. The summed E-state index contributed by atoms with van der Waals surface area (Å²) in [6, 6.07) is 9.94. The van der Waals surface area contributed by atoms with Gasteiger partial charge in [0.25, 0.3) is 0 Å². The Balaban J connectivity index is 1.87.